The standard InChI is InChI=1S/C9H12N4O5/c10-7-6(12-18-13-7)8(14)11-3-4-1-2-5(17-4)9(15)16/h4-5H,1-3H2,(H2,10,13)(H,11,14)(H,15,16). The van der Waals surface area contributed by atoms with Gasteiger partial charge in [0.2, 0.25) is 11.5 Å². The number of hydrogen-bond acceptors (Lipinski definition) is 7. The van der Waals surface area contributed by atoms with Crippen molar-refractivity contribution < 1.29 is 24.1 Å². The number of hydrogen-bond donors (Lipinski definition) is 3. The Bertz CT molecular complexity index is 460. The molecule has 2 heterocycles. The van der Waals surface area contributed by atoms with Crippen molar-refractivity contribution in [2.75, 3.05) is 12.3 Å². The van der Waals surface area contributed by atoms with Gasteiger partial charge in [0, 0.05) is 6.54 Å². The number of carboxylic acid groups (broad SMARTS) is 1. The monoisotopic (exact) mass is 256 g/mol. The van der Waals surface area contributed by atoms with E-state index < -0.39 is 18.0 Å². The molecule has 0 bridgehead atoms. The van der Waals surface area contributed by atoms with E-state index in [0.29, 0.717) is 12.8 Å². The first kappa shape index (κ1) is 12.3. The van der Waals surface area contributed by atoms with Crippen molar-refractivity contribution in [3.05, 3.63) is 5.69 Å². The Morgan fingerprint density at radius 3 is 2.78 bits per heavy atom. The molecule has 2 atom stereocenters. The van der Waals surface area contributed by atoms with Crippen molar-refractivity contribution >= 4 is 17.7 Å². The second-order valence-corrected chi connectivity index (χ2v) is 3.87. The summed E-state index contributed by atoms with van der Waals surface area (Å²) in [4.78, 5) is 22.2. The van der Waals surface area contributed by atoms with E-state index in [1.165, 1.54) is 0 Å². The van der Waals surface area contributed by atoms with E-state index in [1.54, 1.807) is 0 Å². The lowest BCUT2D eigenvalue weighted by molar-refractivity contribution is -0.149. The van der Waals surface area contributed by atoms with Gasteiger partial charge >= 0.3 is 5.97 Å². The number of carboxylic acids is 1. The molecule has 4 N–H and O–H groups in total. The van der Waals surface area contributed by atoms with Gasteiger partial charge in [-0.15, -0.1) is 0 Å². The van der Waals surface area contributed by atoms with Gasteiger partial charge in [-0.2, -0.15) is 0 Å². The minimum Gasteiger partial charge on any atom is -0.479 e. The van der Waals surface area contributed by atoms with Gasteiger partial charge in [-0.3, -0.25) is 4.79 Å². The van der Waals surface area contributed by atoms with Gasteiger partial charge in [0.25, 0.3) is 5.91 Å². The molecular weight excluding hydrogens is 244 g/mol. The predicted molar refractivity (Wildman–Crippen MR) is 56.6 cm³/mol. The first-order valence-corrected chi connectivity index (χ1v) is 5.32. The summed E-state index contributed by atoms with van der Waals surface area (Å²) in [5, 5.41) is 17.9. The highest BCUT2D eigenvalue weighted by atomic mass is 16.6. The third-order valence-electron chi connectivity index (χ3n) is 2.60. The third kappa shape index (κ3) is 2.56. The molecule has 18 heavy (non-hydrogen) atoms. The summed E-state index contributed by atoms with van der Waals surface area (Å²) < 4.78 is 9.51. The zero-order chi connectivity index (χ0) is 13.1. The van der Waals surface area contributed by atoms with Crippen molar-refractivity contribution in [2.24, 2.45) is 0 Å². The predicted octanol–water partition coefficient (Wildman–Crippen LogP) is -0.986. The molecule has 1 aliphatic heterocycles. The number of rotatable bonds is 4. The number of anilines is 1. The van der Waals surface area contributed by atoms with Crippen LogP contribution in [0, 0.1) is 0 Å². The molecular formula is C9H12N4O5. The van der Waals surface area contributed by atoms with Gasteiger partial charge < -0.3 is 20.9 Å². The number of aromatic nitrogens is 2. The Hall–Kier alpha value is -2.16. The molecule has 0 spiro atoms. The van der Waals surface area contributed by atoms with E-state index >= 15 is 0 Å². The minimum atomic E-state index is -0.992. The Morgan fingerprint density at radius 2 is 2.22 bits per heavy atom. The molecule has 0 saturated carbocycles. The number of amides is 1. The van der Waals surface area contributed by atoms with Crippen molar-refractivity contribution in [1.29, 1.82) is 0 Å². The highest BCUT2D eigenvalue weighted by Crippen LogP contribution is 2.19. The second kappa shape index (κ2) is 5.00. The van der Waals surface area contributed by atoms with Crippen LogP contribution in [0.2, 0.25) is 0 Å². The fraction of sp³-hybridized carbons (Fsp3) is 0.556. The number of aliphatic carboxylic acids is 1. The van der Waals surface area contributed by atoms with Crippen molar-refractivity contribution in [2.45, 2.75) is 25.0 Å². The second-order valence-electron chi connectivity index (χ2n) is 3.87. The lowest BCUT2D eigenvalue weighted by Crippen LogP contribution is -2.33. The van der Waals surface area contributed by atoms with Gasteiger partial charge in [0.1, 0.15) is 0 Å². The molecule has 1 saturated heterocycles. The maximum Gasteiger partial charge on any atom is 0.332 e. The van der Waals surface area contributed by atoms with Crippen LogP contribution in [-0.2, 0) is 9.53 Å². The molecule has 1 aromatic rings. The van der Waals surface area contributed by atoms with E-state index in [9.17, 15) is 9.59 Å². The molecule has 2 unspecified atom stereocenters. The molecule has 2 rings (SSSR count). The first-order valence-electron chi connectivity index (χ1n) is 5.32. The summed E-state index contributed by atoms with van der Waals surface area (Å²) in [5.41, 5.74) is 5.26. The number of carbonyl (C=O) groups excluding carboxylic acids is 1. The van der Waals surface area contributed by atoms with Gasteiger partial charge in [-0.1, -0.05) is 0 Å². The number of nitrogen functional groups attached to an aromatic ring is 1. The van der Waals surface area contributed by atoms with Gasteiger partial charge in [0.15, 0.2) is 6.10 Å². The van der Waals surface area contributed by atoms with Crippen LogP contribution < -0.4 is 11.1 Å². The molecule has 9 nitrogen and oxygen atoms in total. The maximum absolute atomic E-state index is 11.6. The number of nitrogens with two attached hydrogens (primary N) is 1. The van der Waals surface area contributed by atoms with Gasteiger partial charge in [-0.05, 0) is 23.2 Å². The fourth-order valence-corrected chi connectivity index (χ4v) is 1.68. The van der Waals surface area contributed by atoms with E-state index in [4.69, 9.17) is 15.6 Å². The molecule has 1 fully saturated rings. The number of ether oxygens (including phenoxy) is 1. The molecule has 1 aliphatic rings. The average Bonchev–Trinajstić information content (AvgIpc) is 2.94. The first-order chi connectivity index (χ1) is 8.58. The van der Waals surface area contributed by atoms with Crippen LogP contribution >= 0.6 is 0 Å². The van der Waals surface area contributed by atoms with E-state index in [1.807, 2.05) is 0 Å². The Kier molecular flexibility index (Phi) is 3.42. The Balaban J connectivity index is 1.81. The number of nitrogens with zero attached hydrogens (tertiary/aromatic N) is 2. The Labute approximate surface area is 101 Å². The zero-order valence-electron chi connectivity index (χ0n) is 9.33. The normalized spacial score (nSPS) is 22.9. The summed E-state index contributed by atoms with van der Waals surface area (Å²) in [6, 6.07) is 0. The van der Waals surface area contributed by atoms with Gasteiger partial charge in [-0.25, -0.2) is 9.42 Å². The maximum atomic E-state index is 11.6. The van der Waals surface area contributed by atoms with Crippen LogP contribution in [0.4, 0.5) is 5.82 Å². The Morgan fingerprint density at radius 1 is 1.44 bits per heavy atom. The molecule has 0 aliphatic carbocycles. The molecule has 9 heteroatoms. The highest BCUT2D eigenvalue weighted by molar-refractivity contribution is 5.95. The van der Waals surface area contributed by atoms with Crippen LogP contribution in [0.15, 0.2) is 4.63 Å². The number of nitrogens with one attached hydrogen (secondary N) is 1. The van der Waals surface area contributed by atoms with Gasteiger partial charge in [0.05, 0.1) is 6.10 Å². The van der Waals surface area contributed by atoms with Crippen LogP contribution in [0.1, 0.15) is 23.3 Å². The zero-order valence-corrected chi connectivity index (χ0v) is 9.33. The van der Waals surface area contributed by atoms with Crippen LogP contribution in [0.25, 0.3) is 0 Å². The fourth-order valence-electron chi connectivity index (χ4n) is 1.68. The average molecular weight is 256 g/mol. The van der Waals surface area contributed by atoms with Crippen molar-refractivity contribution in [1.82, 2.24) is 15.6 Å². The van der Waals surface area contributed by atoms with E-state index in [2.05, 4.69) is 20.3 Å². The molecule has 0 radical (unpaired) electrons. The van der Waals surface area contributed by atoms with Crippen LogP contribution in [-0.4, -0.2) is 46.0 Å². The van der Waals surface area contributed by atoms with Crippen molar-refractivity contribution in [3.63, 3.8) is 0 Å². The largest absolute Gasteiger partial charge is 0.479 e. The molecule has 98 valence electrons. The summed E-state index contributed by atoms with van der Waals surface area (Å²) in [5.74, 6) is -1.62. The van der Waals surface area contributed by atoms with Crippen LogP contribution in [0.5, 0.6) is 0 Å². The highest BCUT2D eigenvalue weighted by Gasteiger charge is 2.30. The lowest BCUT2D eigenvalue weighted by atomic mass is 10.2. The van der Waals surface area contributed by atoms with E-state index in [-0.39, 0.29) is 24.2 Å². The molecule has 1 amide bonds. The lowest BCUT2D eigenvalue weighted by Gasteiger charge is -2.11. The summed E-state index contributed by atoms with van der Waals surface area (Å²) >= 11 is 0. The van der Waals surface area contributed by atoms with E-state index in [0.717, 1.165) is 0 Å². The van der Waals surface area contributed by atoms with Crippen LogP contribution in [0.3, 0.4) is 0 Å². The van der Waals surface area contributed by atoms with Crippen molar-refractivity contribution in [3.8, 4) is 0 Å². The summed E-state index contributed by atoms with van der Waals surface area (Å²) in [6.07, 6.45) is -0.116. The summed E-state index contributed by atoms with van der Waals surface area (Å²) in [6.45, 7) is 0.189. The topological polar surface area (TPSA) is 141 Å². The molecule has 1 aromatic heterocycles. The summed E-state index contributed by atoms with van der Waals surface area (Å²) in [7, 11) is 0. The quantitative estimate of drug-likeness (QED) is 0.623. The smallest absolute Gasteiger partial charge is 0.332 e. The number of carbonyl (C=O) groups is 2. The molecule has 0 aromatic carbocycles. The third-order valence-corrected chi connectivity index (χ3v) is 2.60. The minimum absolute atomic E-state index is 0.0942. The SMILES string of the molecule is Nc1nonc1C(=O)NCC1CCC(C(=O)O)O1.